The van der Waals surface area contributed by atoms with Crippen LogP contribution in [0.15, 0.2) is 36.7 Å². The van der Waals surface area contributed by atoms with E-state index < -0.39 is 0 Å². The van der Waals surface area contributed by atoms with E-state index in [2.05, 4.69) is 36.2 Å². The molecule has 16 heavy (non-hydrogen) atoms. The minimum absolute atomic E-state index is 0.242. The Labute approximate surface area is 95.5 Å². The molecule has 2 N–H and O–H groups in total. The van der Waals surface area contributed by atoms with Gasteiger partial charge in [0.15, 0.2) is 0 Å². The molecule has 1 aliphatic rings. The molecule has 0 amide bonds. The summed E-state index contributed by atoms with van der Waals surface area (Å²) in [4.78, 5) is 4.13. The molecule has 3 rings (SSSR count). The molecule has 2 aromatic rings. The monoisotopic (exact) mass is 212 g/mol. The minimum atomic E-state index is 0.242. The molecule has 0 bridgehead atoms. The van der Waals surface area contributed by atoms with Gasteiger partial charge in [-0.1, -0.05) is 18.2 Å². The van der Waals surface area contributed by atoms with E-state index in [4.69, 9.17) is 5.73 Å². The lowest BCUT2D eigenvalue weighted by molar-refractivity contribution is 0.557. The van der Waals surface area contributed by atoms with Gasteiger partial charge in [0.05, 0.1) is 0 Å². The Bertz CT molecular complexity index is 527. The second-order valence-electron chi connectivity index (χ2n) is 4.88. The number of fused-ring (bicyclic) bond motifs is 1. The van der Waals surface area contributed by atoms with E-state index in [-0.39, 0.29) is 11.5 Å². The molecular formula is C14H16N2. The summed E-state index contributed by atoms with van der Waals surface area (Å²) in [6.07, 6.45) is 6.20. The number of benzene rings is 1. The lowest BCUT2D eigenvalue weighted by atomic mass is 9.88. The summed E-state index contributed by atoms with van der Waals surface area (Å²) in [5, 5.41) is 2.46. The quantitative estimate of drug-likeness (QED) is 0.831. The average molecular weight is 212 g/mol. The van der Waals surface area contributed by atoms with E-state index in [0.29, 0.717) is 0 Å². The van der Waals surface area contributed by atoms with Crippen LogP contribution in [0.4, 0.5) is 0 Å². The van der Waals surface area contributed by atoms with Gasteiger partial charge in [-0.3, -0.25) is 4.98 Å². The Balaban J connectivity index is 2.12. The highest BCUT2D eigenvalue weighted by molar-refractivity contribution is 5.82. The molecule has 1 aromatic carbocycles. The summed E-state index contributed by atoms with van der Waals surface area (Å²) in [6, 6.07) is 8.94. The average Bonchev–Trinajstić information content (AvgIpc) is 3.09. The van der Waals surface area contributed by atoms with Crippen LogP contribution < -0.4 is 5.73 Å². The Kier molecular flexibility index (Phi) is 2.01. The van der Waals surface area contributed by atoms with Gasteiger partial charge in [0.25, 0.3) is 0 Å². The third-order valence-electron chi connectivity index (χ3n) is 3.88. The van der Waals surface area contributed by atoms with Crippen molar-refractivity contribution in [3.63, 3.8) is 0 Å². The first kappa shape index (κ1) is 9.79. The SMILES string of the molecule is CC(N)C1(c2ccc3cnccc3c2)CC1. The van der Waals surface area contributed by atoms with Gasteiger partial charge in [0.2, 0.25) is 0 Å². The molecule has 0 spiro atoms. The van der Waals surface area contributed by atoms with Crippen molar-refractivity contribution in [3.05, 3.63) is 42.2 Å². The fraction of sp³-hybridized carbons (Fsp3) is 0.357. The Morgan fingerprint density at radius 2 is 2.06 bits per heavy atom. The van der Waals surface area contributed by atoms with Crippen LogP contribution in [0, 0.1) is 0 Å². The minimum Gasteiger partial charge on any atom is -0.327 e. The lowest BCUT2D eigenvalue weighted by Gasteiger charge is -2.20. The van der Waals surface area contributed by atoms with Crippen molar-refractivity contribution < 1.29 is 0 Å². The molecular weight excluding hydrogens is 196 g/mol. The van der Waals surface area contributed by atoms with Gasteiger partial charge in [0.1, 0.15) is 0 Å². The maximum absolute atomic E-state index is 6.10. The Morgan fingerprint density at radius 1 is 1.25 bits per heavy atom. The first-order chi connectivity index (χ1) is 7.72. The van der Waals surface area contributed by atoms with Crippen LogP contribution in [-0.4, -0.2) is 11.0 Å². The van der Waals surface area contributed by atoms with E-state index in [1.165, 1.54) is 29.2 Å². The number of pyridine rings is 1. The second-order valence-corrected chi connectivity index (χ2v) is 4.88. The van der Waals surface area contributed by atoms with Gasteiger partial charge < -0.3 is 5.73 Å². The van der Waals surface area contributed by atoms with Crippen LogP contribution in [0.25, 0.3) is 10.8 Å². The molecule has 0 saturated heterocycles. The van der Waals surface area contributed by atoms with Crippen molar-refractivity contribution in [3.8, 4) is 0 Å². The molecule has 2 heteroatoms. The summed E-state index contributed by atoms with van der Waals surface area (Å²) in [7, 11) is 0. The number of aromatic nitrogens is 1. The van der Waals surface area contributed by atoms with Gasteiger partial charge in [0, 0.05) is 29.2 Å². The molecule has 1 heterocycles. The van der Waals surface area contributed by atoms with Crippen molar-refractivity contribution in [2.45, 2.75) is 31.2 Å². The maximum atomic E-state index is 6.10. The van der Waals surface area contributed by atoms with Crippen LogP contribution in [0.5, 0.6) is 0 Å². The first-order valence-electron chi connectivity index (χ1n) is 5.82. The number of rotatable bonds is 2. The second kappa shape index (κ2) is 3.29. The topological polar surface area (TPSA) is 38.9 Å². The van der Waals surface area contributed by atoms with E-state index >= 15 is 0 Å². The highest BCUT2D eigenvalue weighted by Crippen LogP contribution is 2.50. The summed E-state index contributed by atoms with van der Waals surface area (Å²) >= 11 is 0. The van der Waals surface area contributed by atoms with Crippen LogP contribution in [0.2, 0.25) is 0 Å². The van der Waals surface area contributed by atoms with Crippen LogP contribution in [0.3, 0.4) is 0 Å². The van der Waals surface area contributed by atoms with Crippen molar-refractivity contribution >= 4 is 10.8 Å². The fourth-order valence-electron chi connectivity index (χ4n) is 2.53. The van der Waals surface area contributed by atoms with Crippen molar-refractivity contribution in [2.24, 2.45) is 5.73 Å². The van der Waals surface area contributed by atoms with E-state index in [1.807, 2.05) is 12.4 Å². The van der Waals surface area contributed by atoms with Crippen molar-refractivity contribution in [1.29, 1.82) is 0 Å². The van der Waals surface area contributed by atoms with Crippen molar-refractivity contribution in [1.82, 2.24) is 4.98 Å². The van der Waals surface area contributed by atoms with E-state index in [0.717, 1.165) is 0 Å². The van der Waals surface area contributed by atoms with E-state index in [1.54, 1.807) is 0 Å². The third kappa shape index (κ3) is 1.34. The molecule has 1 saturated carbocycles. The standard InChI is InChI=1S/C14H16N2/c1-10(15)14(5-6-14)13-3-2-12-9-16-7-4-11(12)8-13/h2-4,7-10H,5-6,15H2,1H3. The van der Waals surface area contributed by atoms with Crippen molar-refractivity contribution in [2.75, 3.05) is 0 Å². The van der Waals surface area contributed by atoms with E-state index in [9.17, 15) is 0 Å². The largest absolute Gasteiger partial charge is 0.327 e. The summed E-state index contributed by atoms with van der Waals surface area (Å²) in [5.41, 5.74) is 7.73. The Morgan fingerprint density at radius 3 is 2.75 bits per heavy atom. The van der Waals surface area contributed by atoms with Gasteiger partial charge in [-0.2, -0.15) is 0 Å². The molecule has 1 aromatic heterocycles. The number of nitrogens with zero attached hydrogens (tertiary/aromatic N) is 1. The molecule has 2 nitrogen and oxygen atoms in total. The van der Waals surface area contributed by atoms with Gasteiger partial charge in [-0.25, -0.2) is 0 Å². The van der Waals surface area contributed by atoms with Gasteiger partial charge >= 0.3 is 0 Å². The number of hydrogen-bond acceptors (Lipinski definition) is 2. The number of hydrogen-bond donors (Lipinski definition) is 1. The maximum Gasteiger partial charge on any atom is 0.0346 e. The summed E-state index contributed by atoms with van der Waals surface area (Å²) in [6.45, 7) is 2.11. The number of nitrogens with two attached hydrogens (primary N) is 1. The summed E-state index contributed by atoms with van der Waals surface area (Å²) in [5.74, 6) is 0. The molecule has 82 valence electrons. The van der Waals surface area contributed by atoms with Gasteiger partial charge in [-0.05, 0) is 36.8 Å². The zero-order chi connectivity index (χ0) is 11.2. The first-order valence-corrected chi connectivity index (χ1v) is 5.82. The molecule has 1 aliphatic carbocycles. The van der Waals surface area contributed by atoms with Gasteiger partial charge in [-0.15, -0.1) is 0 Å². The van der Waals surface area contributed by atoms with Crippen LogP contribution in [-0.2, 0) is 5.41 Å². The third-order valence-corrected chi connectivity index (χ3v) is 3.88. The predicted octanol–water partition coefficient (Wildman–Crippen LogP) is 2.61. The fourth-order valence-corrected chi connectivity index (χ4v) is 2.53. The smallest absolute Gasteiger partial charge is 0.0346 e. The molecule has 1 unspecified atom stereocenters. The highest BCUT2D eigenvalue weighted by atomic mass is 14.7. The van der Waals surface area contributed by atoms with Crippen LogP contribution in [0.1, 0.15) is 25.3 Å². The zero-order valence-electron chi connectivity index (χ0n) is 9.48. The molecule has 0 radical (unpaired) electrons. The summed E-state index contributed by atoms with van der Waals surface area (Å²) < 4.78 is 0. The highest BCUT2D eigenvalue weighted by Gasteiger charge is 2.47. The zero-order valence-corrected chi connectivity index (χ0v) is 9.48. The molecule has 0 aliphatic heterocycles. The predicted molar refractivity (Wildman–Crippen MR) is 66.3 cm³/mol. The lowest BCUT2D eigenvalue weighted by Crippen LogP contribution is -2.31. The normalized spacial score (nSPS) is 19.6. The molecule has 1 fully saturated rings. The Hall–Kier alpha value is -1.41. The van der Waals surface area contributed by atoms with Crippen LogP contribution >= 0.6 is 0 Å². The molecule has 1 atom stereocenters.